The molecule has 0 heterocycles. The Balaban J connectivity index is 6.20. The van der Waals surface area contributed by atoms with Gasteiger partial charge in [-0.3, -0.25) is 4.55 Å². The Bertz CT molecular complexity index is 573. The van der Waals surface area contributed by atoms with Crippen LogP contribution in [-0.2, 0) is 10.1 Å². The Morgan fingerprint density at radius 1 is 0.840 bits per heavy atom. The molecule has 0 saturated carbocycles. The molecule has 0 aliphatic heterocycles. The summed E-state index contributed by atoms with van der Waals surface area (Å²) >= 11 is 0. The topological polar surface area (TPSA) is 54.4 Å². The van der Waals surface area contributed by atoms with E-state index in [1.54, 1.807) is 0 Å². The lowest BCUT2D eigenvalue weighted by Crippen LogP contribution is -2.70. The number of rotatable bonds is 9. The van der Waals surface area contributed by atoms with E-state index in [1.807, 2.05) is 0 Å². The molecule has 0 bridgehead atoms. The van der Waals surface area contributed by atoms with E-state index in [1.165, 1.54) is 6.92 Å². The van der Waals surface area contributed by atoms with Crippen LogP contribution in [0.2, 0.25) is 0 Å². The van der Waals surface area contributed by atoms with Gasteiger partial charge >= 0.3 is 39.1 Å². The van der Waals surface area contributed by atoms with E-state index in [0.29, 0.717) is 0 Å². The number of hydrogen-bond acceptors (Lipinski definition) is 2. The van der Waals surface area contributed by atoms with Crippen molar-refractivity contribution in [2.24, 2.45) is 0 Å². The van der Waals surface area contributed by atoms with Gasteiger partial charge in [0.2, 0.25) is 0 Å². The van der Waals surface area contributed by atoms with E-state index in [9.17, 15) is 56.7 Å². The second kappa shape index (κ2) is 6.70. The van der Waals surface area contributed by atoms with Crippen LogP contribution in [-0.4, -0.2) is 48.1 Å². The van der Waals surface area contributed by atoms with E-state index in [4.69, 9.17) is 4.55 Å². The monoisotopic (exact) mass is 420 g/mol. The number of unbranched alkanes of at least 4 members (excludes halogenated alkanes) is 1. The smallest absolute Gasteiger partial charge is 0.281 e. The molecular weight excluding hydrogens is 409 g/mol. The molecule has 25 heavy (non-hydrogen) atoms. The van der Waals surface area contributed by atoms with Crippen LogP contribution in [0.4, 0.5) is 48.3 Å². The molecule has 152 valence electrons. The van der Waals surface area contributed by atoms with Gasteiger partial charge in [-0.15, -0.1) is 0 Å². The van der Waals surface area contributed by atoms with Crippen LogP contribution in [0.15, 0.2) is 0 Å². The molecule has 15 heteroatoms. The summed E-state index contributed by atoms with van der Waals surface area (Å²) in [6, 6.07) is 0. The predicted molar refractivity (Wildman–Crippen MR) is 60.7 cm³/mol. The third kappa shape index (κ3) is 3.53. The molecule has 0 aromatic carbocycles. The minimum Gasteiger partial charge on any atom is -0.281 e. The van der Waals surface area contributed by atoms with E-state index < -0.39 is 58.1 Å². The lowest BCUT2D eigenvalue weighted by Gasteiger charge is -2.39. The Labute approximate surface area is 133 Å². The van der Waals surface area contributed by atoms with Crippen molar-refractivity contribution in [3.8, 4) is 0 Å². The van der Waals surface area contributed by atoms with Crippen molar-refractivity contribution in [3.05, 3.63) is 0 Å². The standard InChI is InChI=1S/C10H11F11O3S/c1-2-3-4-5(11)6(12,13)7(14,15)8(16,17)9(18,19)10(20,21)25(22,23)24/h5H,2-4H2,1H3,(H,22,23,24). The fraction of sp³-hybridized carbons (Fsp3) is 1.00. The van der Waals surface area contributed by atoms with Gasteiger partial charge in [-0.2, -0.15) is 52.3 Å². The van der Waals surface area contributed by atoms with Gasteiger partial charge in [-0.1, -0.05) is 19.8 Å². The van der Waals surface area contributed by atoms with Gasteiger partial charge in [0.25, 0.3) is 0 Å². The number of halogens is 11. The van der Waals surface area contributed by atoms with Crippen molar-refractivity contribution in [2.45, 2.75) is 61.3 Å². The maximum absolute atomic E-state index is 13.2. The largest absolute Gasteiger partial charge is 0.438 e. The van der Waals surface area contributed by atoms with Crippen LogP contribution in [0.25, 0.3) is 0 Å². The summed E-state index contributed by atoms with van der Waals surface area (Å²) in [7, 11) is -7.42. The molecule has 1 N–H and O–H groups in total. The van der Waals surface area contributed by atoms with E-state index in [-0.39, 0.29) is 6.42 Å². The molecule has 1 unspecified atom stereocenters. The Kier molecular flexibility index (Phi) is 6.47. The van der Waals surface area contributed by atoms with Crippen molar-refractivity contribution < 1.29 is 61.3 Å². The van der Waals surface area contributed by atoms with Gasteiger partial charge in [-0.25, -0.2) is 4.39 Å². The molecule has 0 aromatic heterocycles. The lowest BCUT2D eigenvalue weighted by atomic mass is 9.93. The van der Waals surface area contributed by atoms with Crippen LogP contribution in [0.5, 0.6) is 0 Å². The van der Waals surface area contributed by atoms with Crippen LogP contribution in [0.1, 0.15) is 26.2 Å². The highest BCUT2D eigenvalue weighted by atomic mass is 32.2. The van der Waals surface area contributed by atoms with Crippen molar-refractivity contribution >= 4 is 10.1 Å². The van der Waals surface area contributed by atoms with Crippen LogP contribution in [0, 0.1) is 0 Å². The summed E-state index contributed by atoms with van der Waals surface area (Å²) < 4.78 is 172. The first kappa shape index (κ1) is 24.1. The average molecular weight is 420 g/mol. The third-order valence-corrected chi connectivity index (χ3v) is 4.01. The molecule has 0 radical (unpaired) electrons. The molecule has 0 aromatic rings. The summed E-state index contributed by atoms with van der Waals surface area (Å²) in [6.45, 7) is 1.25. The maximum atomic E-state index is 13.2. The minimum absolute atomic E-state index is 0.0878. The highest BCUT2D eigenvalue weighted by Crippen LogP contribution is 2.59. The highest BCUT2D eigenvalue weighted by Gasteiger charge is 2.89. The van der Waals surface area contributed by atoms with E-state index in [0.717, 1.165) is 0 Å². The van der Waals surface area contributed by atoms with Crippen molar-refractivity contribution in [1.82, 2.24) is 0 Å². The second-order valence-electron chi connectivity index (χ2n) is 4.95. The van der Waals surface area contributed by atoms with Gasteiger partial charge in [0.1, 0.15) is 0 Å². The molecule has 3 nitrogen and oxygen atoms in total. The normalized spacial score (nSPS) is 16.8. The third-order valence-electron chi connectivity index (χ3n) is 3.10. The van der Waals surface area contributed by atoms with Gasteiger partial charge in [0.05, 0.1) is 0 Å². The first-order chi connectivity index (χ1) is 10.7. The number of hydrogen-bond donors (Lipinski definition) is 1. The first-order valence-electron chi connectivity index (χ1n) is 6.23. The summed E-state index contributed by atoms with van der Waals surface area (Å²) in [6.07, 6.45) is -6.26. The first-order valence-corrected chi connectivity index (χ1v) is 7.67. The van der Waals surface area contributed by atoms with Gasteiger partial charge in [0, 0.05) is 0 Å². The second-order valence-corrected chi connectivity index (χ2v) is 6.41. The van der Waals surface area contributed by atoms with Crippen LogP contribution in [0.3, 0.4) is 0 Å². The number of alkyl halides is 11. The summed E-state index contributed by atoms with van der Waals surface area (Å²) in [5, 5.41) is -7.27. The Hall–Kier alpha value is -0.860. The zero-order valence-electron chi connectivity index (χ0n) is 12.0. The molecule has 0 fully saturated rings. The molecule has 0 rings (SSSR count). The minimum atomic E-state index is -7.75. The Morgan fingerprint density at radius 2 is 1.24 bits per heavy atom. The van der Waals surface area contributed by atoms with Crippen LogP contribution >= 0.6 is 0 Å². The van der Waals surface area contributed by atoms with Gasteiger partial charge in [0.15, 0.2) is 6.17 Å². The van der Waals surface area contributed by atoms with Crippen LogP contribution < -0.4 is 0 Å². The fourth-order valence-corrected chi connectivity index (χ4v) is 1.96. The van der Waals surface area contributed by atoms with E-state index in [2.05, 4.69) is 0 Å². The highest BCUT2D eigenvalue weighted by molar-refractivity contribution is 7.87. The molecule has 0 saturated heterocycles. The lowest BCUT2D eigenvalue weighted by molar-refractivity contribution is -0.397. The van der Waals surface area contributed by atoms with E-state index >= 15 is 0 Å². The van der Waals surface area contributed by atoms with Gasteiger partial charge < -0.3 is 0 Å². The maximum Gasteiger partial charge on any atom is 0.438 e. The zero-order valence-corrected chi connectivity index (χ0v) is 12.8. The molecule has 0 amide bonds. The Morgan fingerprint density at radius 3 is 1.56 bits per heavy atom. The van der Waals surface area contributed by atoms with Gasteiger partial charge in [-0.05, 0) is 6.42 Å². The molecule has 1 atom stereocenters. The summed E-state index contributed by atoms with van der Waals surface area (Å²) in [5.41, 5.74) is 0. The quantitative estimate of drug-likeness (QED) is 0.440. The summed E-state index contributed by atoms with van der Waals surface area (Å²) in [4.78, 5) is 0. The van der Waals surface area contributed by atoms with Crippen molar-refractivity contribution in [3.63, 3.8) is 0 Å². The molecule has 0 spiro atoms. The molecule has 0 aliphatic rings. The SMILES string of the molecule is CCCCC(F)C(F)(F)C(F)(F)C(F)(F)C(F)(F)C(F)(F)S(=O)(=O)O. The average Bonchev–Trinajstić information content (AvgIpc) is 2.42. The summed E-state index contributed by atoms with van der Waals surface area (Å²) in [5.74, 6) is -29.4. The zero-order chi connectivity index (χ0) is 20.7. The van der Waals surface area contributed by atoms with Crippen molar-refractivity contribution in [1.29, 1.82) is 0 Å². The fourth-order valence-electron chi connectivity index (χ4n) is 1.51. The molecular formula is C10H11F11O3S. The predicted octanol–water partition coefficient (Wildman–Crippen LogP) is 4.54. The molecule has 0 aliphatic carbocycles. The van der Waals surface area contributed by atoms with Crippen molar-refractivity contribution in [2.75, 3.05) is 0 Å².